The number of amides is 1. The van der Waals surface area contributed by atoms with E-state index in [0.717, 1.165) is 11.1 Å². The Morgan fingerprint density at radius 1 is 1.00 bits per heavy atom. The number of rotatable bonds is 4. The summed E-state index contributed by atoms with van der Waals surface area (Å²) in [4.78, 5) is 31.5. The fourth-order valence-corrected chi connectivity index (χ4v) is 3.12. The summed E-state index contributed by atoms with van der Waals surface area (Å²) in [5, 5.41) is 3.35. The number of nitrogens with zero attached hydrogens (tertiary/aromatic N) is 1. The van der Waals surface area contributed by atoms with Crippen molar-refractivity contribution in [1.29, 1.82) is 0 Å². The number of hydrogen-bond donors (Lipinski definition) is 2. The van der Waals surface area contributed by atoms with Gasteiger partial charge in [0.15, 0.2) is 5.78 Å². The van der Waals surface area contributed by atoms with Gasteiger partial charge in [-0.3, -0.25) is 9.59 Å². The third-order valence-electron chi connectivity index (χ3n) is 4.41. The van der Waals surface area contributed by atoms with Crippen molar-refractivity contribution < 1.29 is 14.0 Å². The summed E-state index contributed by atoms with van der Waals surface area (Å²) in [5.41, 5.74) is 3.20. The number of anilines is 1. The molecule has 0 radical (unpaired) electrons. The minimum absolute atomic E-state index is 0.0152. The second kappa shape index (κ2) is 7.08. The number of carbonyl (C=O) groups excluding carboxylic acids is 2. The second-order valence-electron chi connectivity index (χ2n) is 6.39. The predicted molar refractivity (Wildman–Crippen MR) is 106 cm³/mol. The SMILES string of the molecule is CC(=O)Nc1cccc(-c2cnc3[nH]cc(C(=O)c4ccccc4F)c3c2)c1. The van der Waals surface area contributed by atoms with Crippen LogP contribution >= 0.6 is 0 Å². The van der Waals surface area contributed by atoms with Crippen LogP contribution in [0.5, 0.6) is 0 Å². The Hall–Kier alpha value is -3.80. The van der Waals surface area contributed by atoms with Crippen LogP contribution in [0.4, 0.5) is 10.1 Å². The summed E-state index contributed by atoms with van der Waals surface area (Å²) < 4.78 is 14.0. The fourth-order valence-electron chi connectivity index (χ4n) is 3.12. The lowest BCUT2D eigenvalue weighted by atomic mass is 10.0. The van der Waals surface area contributed by atoms with E-state index in [-0.39, 0.29) is 11.5 Å². The smallest absolute Gasteiger partial charge is 0.221 e. The van der Waals surface area contributed by atoms with Crippen molar-refractivity contribution in [3.05, 3.63) is 83.9 Å². The van der Waals surface area contributed by atoms with E-state index < -0.39 is 11.6 Å². The van der Waals surface area contributed by atoms with Gasteiger partial charge in [-0.1, -0.05) is 24.3 Å². The number of pyridine rings is 1. The van der Waals surface area contributed by atoms with Gasteiger partial charge in [0.1, 0.15) is 11.5 Å². The molecule has 6 heteroatoms. The van der Waals surface area contributed by atoms with Crippen LogP contribution in [-0.2, 0) is 4.79 Å². The summed E-state index contributed by atoms with van der Waals surface area (Å²) in [6, 6.07) is 15.1. The molecule has 1 amide bonds. The molecule has 0 aliphatic carbocycles. The molecular formula is C22H16FN3O2. The van der Waals surface area contributed by atoms with Gasteiger partial charge in [0, 0.05) is 41.5 Å². The average Bonchev–Trinajstić information content (AvgIpc) is 3.11. The second-order valence-corrected chi connectivity index (χ2v) is 6.39. The van der Waals surface area contributed by atoms with E-state index in [1.54, 1.807) is 30.6 Å². The lowest BCUT2D eigenvalue weighted by Crippen LogP contribution is -2.05. The van der Waals surface area contributed by atoms with Crippen LogP contribution in [0, 0.1) is 5.82 Å². The molecule has 0 aliphatic rings. The predicted octanol–water partition coefficient (Wildman–Crippen LogP) is 4.56. The Kier molecular flexibility index (Phi) is 4.45. The van der Waals surface area contributed by atoms with Gasteiger partial charge >= 0.3 is 0 Å². The van der Waals surface area contributed by atoms with E-state index in [2.05, 4.69) is 15.3 Å². The first-order valence-electron chi connectivity index (χ1n) is 8.67. The highest BCUT2D eigenvalue weighted by Crippen LogP contribution is 2.28. The van der Waals surface area contributed by atoms with Gasteiger partial charge in [-0.25, -0.2) is 9.37 Å². The summed E-state index contributed by atoms with van der Waals surface area (Å²) in [7, 11) is 0. The molecule has 0 bridgehead atoms. The van der Waals surface area contributed by atoms with Crippen LogP contribution in [-0.4, -0.2) is 21.7 Å². The zero-order valence-corrected chi connectivity index (χ0v) is 15.0. The van der Waals surface area contributed by atoms with Crippen LogP contribution in [0.1, 0.15) is 22.8 Å². The Labute approximate surface area is 160 Å². The zero-order chi connectivity index (χ0) is 19.7. The van der Waals surface area contributed by atoms with E-state index in [1.165, 1.54) is 19.1 Å². The molecule has 0 fully saturated rings. The Bertz CT molecular complexity index is 1210. The molecule has 0 aliphatic heterocycles. The van der Waals surface area contributed by atoms with Crippen LogP contribution in [0.3, 0.4) is 0 Å². The molecule has 0 atom stereocenters. The van der Waals surface area contributed by atoms with E-state index >= 15 is 0 Å². The molecule has 4 aromatic rings. The van der Waals surface area contributed by atoms with Gasteiger partial charge in [0.05, 0.1) is 5.56 Å². The minimum atomic E-state index is -0.561. The van der Waals surface area contributed by atoms with Crippen molar-refractivity contribution >= 4 is 28.4 Å². The largest absolute Gasteiger partial charge is 0.345 e. The monoisotopic (exact) mass is 373 g/mol. The van der Waals surface area contributed by atoms with Crippen molar-refractivity contribution in [3.63, 3.8) is 0 Å². The van der Waals surface area contributed by atoms with Gasteiger partial charge < -0.3 is 10.3 Å². The van der Waals surface area contributed by atoms with Gasteiger partial charge in [-0.05, 0) is 35.9 Å². The number of fused-ring (bicyclic) bond motifs is 1. The molecule has 2 aromatic carbocycles. The van der Waals surface area contributed by atoms with Crippen molar-refractivity contribution in [1.82, 2.24) is 9.97 Å². The lowest BCUT2D eigenvalue weighted by Gasteiger charge is -2.07. The normalized spacial score (nSPS) is 10.8. The number of nitrogens with one attached hydrogen (secondary N) is 2. The molecule has 2 heterocycles. The number of aromatic nitrogens is 2. The number of ketones is 1. The minimum Gasteiger partial charge on any atom is -0.345 e. The topological polar surface area (TPSA) is 74.8 Å². The highest BCUT2D eigenvalue weighted by atomic mass is 19.1. The number of carbonyl (C=O) groups is 2. The summed E-state index contributed by atoms with van der Waals surface area (Å²) >= 11 is 0. The van der Waals surface area contributed by atoms with Crippen LogP contribution in [0.15, 0.2) is 67.0 Å². The number of benzene rings is 2. The van der Waals surface area contributed by atoms with E-state index in [4.69, 9.17) is 0 Å². The van der Waals surface area contributed by atoms with Crippen molar-refractivity contribution in [2.24, 2.45) is 0 Å². The molecule has 0 unspecified atom stereocenters. The van der Waals surface area contributed by atoms with Crippen LogP contribution in [0.2, 0.25) is 0 Å². The number of hydrogen-bond acceptors (Lipinski definition) is 3. The fraction of sp³-hybridized carbons (Fsp3) is 0.0455. The van der Waals surface area contributed by atoms with Gasteiger partial charge in [-0.2, -0.15) is 0 Å². The Balaban J connectivity index is 1.78. The molecule has 138 valence electrons. The third-order valence-corrected chi connectivity index (χ3v) is 4.41. The van der Waals surface area contributed by atoms with Gasteiger partial charge in [-0.15, -0.1) is 0 Å². The maximum absolute atomic E-state index is 14.0. The highest BCUT2D eigenvalue weighted by molar-refractivity contribution is 6.16. The van der Waals surface area contributed by atoms with Crippen molar-refractivity contribution in [3.8, 4) is 11.1 Å². The number of aromatic amines is 1. The maximum Gasteiger partial charge on any atom is 0.221 e. The molecule has 2 N–H and O–H groups in total. The highest BCUT2D eigenvalue weighted by Gasteiger charge is 2.18. The molecule has 2 aromatic heterocycles. The maximum atomic E-state index is 14.0. The molecule has 28 heavy (non-hydrogen) atoms. The summed E-state index contributed by atoms with van der Waals surface area (Å²) in [6.07, 6.45) is 3.23. The standard InChI is InChI=1S/C22H16FN3O2/c1-13(27)26-16-6-4-5-14(9-16)15-10-18-19(12-25-22(18)24-11-15)21(28)17-7-2-3-8-20(17)23/h2-12H,1H3,(H,24,25)(H,26,27). The molecule has 5 nitrogen and oxygen atoms in total. The van der Waals surface area contributed by atoms with E-state index in [0.29, 0.717) is 22.3 Å². The lowest BCUT2D eigenvalue weighted by molar-refractivity contribution is -0.114. The first-order chi connectivity index (χ1) is 13.5. The number of H-pyrrole nitrogens is 1. The molecule has 0 saturated heterocycles. The molecule has 4 rings (SSSR count). The molecule has 0 saturated carbocycles. The molecular weight excluding hydrogens is 357 g/mol. The summed E-state index contributed by atoms with van der Waals surface area (Å²) in [5.74, 6) is -1.13. The van der Waals surface area contributed by atoms with Crippen molar-refractivity contribution in [2.75, 3.05) is 5.32 Å². The van der Waals surface area contributed by atoms with Crippen molar-refractivity contribution in [2.45, 2.75) is 6.92 Å². The summed E-state index contributed by atoms with van der Waals surface area (Å²) in [6.45, 7) is 1.45. The molecule has 0 spiro atoms. The van der Waals surface area contributed by atoms with Gasteiger partial charge in [0.25, 0.3) is 0 Å². The third kappa shape index (κ3) is 3.27. The zero-order valence-electron chi connectivity index (χ0n) is 15.0. The van der Waals surface area contributed by atoms with Crippen LogP contribution < -0.4 is 5.32 Å². The number of halogens is 1. The van der Waals surface area contributed by atoms with Crippen LogP contribution in [0.25, 0.3) is 22.2 Å². The average molecular weight is 373 g/mol. The first kappa shape index (κ1) is 17.6. The quantitative estimate of drug-likeness (QED) is 0.515. The van der Waals surface area contributed by atoms with E-state index in [1.807, 2.05) is 24.3 Å². The van der Waals surface area contributed by atoms with Gasteiger partial charge in [0.2, 0.25) is 5.91 Å². The Morgan fingerprint density at radius 3 is 2.61 bits per heavy atom. The Morgan fingerprint density at radius 2 is 1.82 bits per heavy atom. The van der Waals surface area contributed by atoms with E-state index in [9.17, 15) is 14.0 Å². The first-order valence-corrected chi connectivity index (χ1v) is 8.67.